The lowest BCUT2D eigenvalue weighted by Crippen LogP contribution is -2.19. The molecule has 0 amide bonds. The predicted molar refractivity (Wildman–Crippen MR) is 173 cm³/mol. The fourth-order valence-electron chi connectivity index (χ4n) is 5.69. The molecule has 0 saturated heterocycles. The van der Waals surface area contributed by atoms with Crippen molar-refractivity contribution in [3.8, 4) is 17.1 Å². The third-order valence-electron chi connectivity index (χ3n) is 7.90. The summed E-state index contributed by atoms with van der Waals surface area (Å²) in [5, 5.41) is 6.00. The van der Waals surface area contributed by atoms with Gasteiger partial charge in [0, 0.05) is 41.2 Å². The Morgan fingerprint density at radius 1 is 0.805 bits per heavy atom. The number of anilines is 3. The number of fused-ring (bicyclic) bond motifs is 2. The molecule has 7 heteroatoms. The third kappa shape index (κ3) is 6.22. The van der Waals surface area contributed by atoms with Crippen LogP contribution in [0.2, 0.25) is 10.0 Å². The molecule has 2 aliphatic carbocycles. The molecule has 0 bridgehead atoms. The summed E-state index contributed by atoms with van der Waals surface area (Å²) in [5.41, 5.74) is 7.87. The maximum Gasteiger partial charge on any atom is 0.0900 e. The molecule has 1 aliphatic heterocycles. The third-order valence-corrected chi connectivity index (χ3v) is 8.40. The maximum absolute atomic E-state index is 6.30. The number of rotatable bonds is 5. The topological polar surface area (TPSA) is 45.5 Å². The van der Waals surface area contributed by atoms with Crippen molar-refractivity contribution in [3.63, 3.8) is 0 Å². The normalized spacial score (nSPS) is 15.2. The molecular weight excluding hydrogens is 549 g/mol. The van der Waals surface area contributed by atoms with Crippen LogP contribution in [-0.2, 0) is 0 Å². The summed E-state index contributed by atoms with van der Waals surface area (Å²) >= 11 is 12.5. The van der Waals surface area contributed by atoms with Gasteiger partial charge in [0.15, 0.2) is 0 Å². The van der Waals surface area contributed by atoms with Crippen molar-refractivity contribution in [3.05, 3.63) is 94.3 Å². The zero-order valence-electron chi connectivity index (χ0n) is 23.6. The summed E-state index contributed by atoms with van der Waals surface area (Å²) in [7, 11) is 4.10. The average molecular weight is 585 g/mol. The van der Waals surface area contributed by atoms with Gasteiger partial charge in [0.1, 0.15) is 0 Å². The highest BCUT2D eigenvalue weighted by Gasteiger charge is 2.19. The van der Waals surface area contributed by atoms with Gasteiger partial charge in [-0.15, -0.1) is 0 Å². The Labute approximate surface area is 251 Å². The van der Waals surface area contributed by atoms with E-state index in [0.717, 1.165) is 63.4 Å². The lowest BCUT2D eigenvalue weighted by molar-refractivity contribution is 0.450. The Kier molecular flexibility index (Phi) is 8.18. The van der Waals surface area contributed by atoms with Crippen LogP contribution in [0.4, 0.5) is 17.1 Å². The number of hydrogen-bond donors (Lipinski definition) is 1. The van der Waals surface area contributed by atoms with E-state index in [9.17, 15) is 0 Å². The molecule has 5 nitrogen and oxygen atoms in total. The van der Waals surface area contributed by atoms with Gasteiger partial charge in [-0.05, 0) is 91.7 Å². The quantitative estimate of drug-likeness (QED) is 0.210. The fraction of sp³-hybridized carbons (Fsp3) is 0.294. The largest absolute Gasteiger partial charge is 0.378 e. The van der Waals surface area contributed by atoms with Crippen LogP contribution in [0.25, 0.3) is 28.1 Å². The summed E-state index contributed by atoms with van der Waals surface area (Å²) < 4.78 is 2.27. The monoisotopic (exact) mass is 583 g/mol. The van der Waals surface area contributed by atoms with Crippen LogP contribution >= 0.6 is 23.2 Å². The summed E-state index contributed by atoms with van der Waals surface area (Å²) in [5.74, 6) is 0. The van der Waals surface area contributed by atoms with E-state index in [1.807, 2.05) is 50.5 Å². The highest BCUT2D eigenvalue weighted by molar-refractivity contribution is 6.30. The van der Waals surface area contributed by atoms with Crippen LogP contribution in [0.15, 0.2) is 83.9 Å². The molecule has 1 saturated carbocycles. The number of benzene rings is 4. The van der Waals surface area contributed by atoms with Gasteiger partial charge in [-0.1, -0.05) is 55.3 Å². The second kappa shape index (κ2) is 12.1. The van der Waals surface area contributed by atoms with E-state index in [0.29, 0.717) is 16.1 Å². The Morgan fingerprint density at radius 3 is 2.15 bits per heavy atom. The van der Waals surface area contributed by atoms with Crippen molar-refractivity contribution in [2.45, 2.75) is 51.0 Å². The molecule has 41 heavy (non-hydrogen) atoms. The van der Waals surface area contributed by atoms with E-state index in [1.54, 1.807) is 0 Å². The average Bonchev–Trinajstić information content (AvgIpc) is 2.95. The number of aromatic nitrogens is 2. The van der Waals surface area contributed by atoms with Gasteiger partial charge < -0.3 is 14.8 Å². The molecule has 0 spiro atoms. The van der Waals surface area contributed by atoms with Crippen LogP contribution in [0.1, 0.15) is 44.9 Å². The van der Waals surface area contributed by atoms with Gasteiger partial charge in [0.2, 0.25) is 0 Å². The zero-order chi connectivity index (χ0) is 28.3. The number of nitrogens with zero attached hydrogens (tertiary/aromatic N) is 4. The molecule has 1 heterocycles. The summed E-state index contributed by atoms with van der Waals surface area (Å²) in [6, 6.07) is 26.9. The molecule has 210 valence electrons. The Hall–Kier alpha value is -3.54. The zero-order valence-corrected chi connectivity index (χ0v) is 25.1. The highest BCUT2D eigenvalue weighted by atomic mass is 35.5. The van der Waals surface area contributed by atoms with Crippen molar-refractivity contribution in [2.24, 2.45) is 4.99 Å². The first-order chi connectivity index (χ1) is 19.9. The summed E-state index contributed by atoms with van der Waals surface area (Å²) in [6.45, 7) is 0. The standard InChI is InChI=1S/C34H35Cl2N5/c1-40(2)28-18-19-33-31(20-28)39-32-21-29(38-26-14-10-23(35)11-15-26)30(37-25-8-6-4-3-5-7-9-25)22-34(32)41(33)27-16-12-24(36)13-17-27/h10-22,25,38H,3-9H2,1-2H3. The summed E-state index contributed by atoms with van der Waals surface area (Å²) in [4.78, 5) is 12.7. The van der Waals surface area contributed by atoms with Crippen molar-refractivity contribution in [1.29, 1.82) is 0 Å². The molecule has 0 radical (unpaired) electrons. The molecule has 1 N–H and O–H groups in total. The lowest BCUT2D eigenvalue weighted by atomic mass is 9.97. The van der Waals surface area contributed by atoms with Gasteiger partial charge in [0.25, 0.3) is 0 Å². The van der Waals surface area contributed by atoms with Crippen molar-refractivity contribution >= 4 is 51.3 Å². The first-order valence-electron chi connectivity index (χ1n) is 14.4. The molecule has 6 rings (SSSR count). The van der Waals surface area contributed by atoms with Crippen LogP contribution < -0.4 is 15.6 Å². The lowest BCUT2D eigenvalue weighted by Gasteiger charge is -2.22. The molecule has 3 aromatic carbocycles. The molecule has 0 aromatic heterocycles. The molecule has 0 unspecified atom stereocenters. The van der Waals surface area contributed by atoms with Crippen molar-refractivity contribution in [1.82, 2.24) is 9.55 Å². The van der Waals surface area contributed by atoms with Gasteiger partial charge in [0.05, 0.1) is 39.5 Å². The van der Waals surface area contributed by atoms with Crippen molar-refractivity contribution in [2.75, 3.05) is 24.3 Å². The van der Waals surface area contributed by atoms with Crippen LogP contribution in [0.5, 0.6) is 0 Å². The smallest absolute Gasteiger partial charge is 0.0900 e. The number of hydrogen-bond acceptors (Lipinski definition) is 4. The second-order valence-electron chi connectivity index (χ2n) is 11.1. The van der Waals surface area contributed by atoms with Gasteiger partial charge in [-0.2, -0.15) is 0 Å². The van der Waals surface area contributed by atoms with E-state index < -0.39 is 0 Å². The fourth-order valence-corrected chi connectivity index (χ4v) is 5.94. The second-order valence-corrected chi connectivity index (χ2v) is 12.0. The first kappa shape index (κ1) is 27.6. The van der Waals surface area contributed by atoms with Crippen molar-refractivity contribution < 1.29 is 0 Å². The minimum atomic E-state index is 0.304. The van der Waals surface area contributed by atoms with Crippen LogP contribution in [0, 0.1) is 0 Å². The Balaban J connectivity index is 1.61. The van der Waals surface area contributed by atoms with Crippen LogP contribution in [0.3, 0.4) is 0 Å². The number of nitrogens with one attached hydrogen (secondary N) is 1. The molecule has 1 fully saturated rings. The molecular formula is C34H35Cl2N5. The van der Waals surface area contributed by atoms with Crippen LogP contribution in [-0.4, -0.2) is 29.7 Å². The molecule has 3 aromatic rings. The molecule has 3 aliphatic rings. The minimum absolute atomic E-state index is 0.304. The van der Waals surface area contributed by atoms with E-state index >= 15 is 0 Å². The minimum Gasteiger partial charge on any atom is -0.378 e. The maximum atomic E-state index is 6.30. The van der Waals surface area contributed by atoms with Gasteiger partial charge >= 0.3 is 0 Å². The Morgan fingerprint density at radius 2 is 1.46 bits per heavy atom. The predicted octanol–water partition coefficient (Wildman–Crippen LogP) is 9.26. The van der Waals surface area contributed by atoms with E-state index in [4.69, 9.17) is 33.2 Å². The van der Waals surface area contributed by atoms with Gasteiger partial charge in [-0.25, -0.2) is 4.98 Å². The molecule has 0 atom stereocenters. The number of halogens is 2. The van der Waals surface area contributed by atoms with E-state index in [1.165, 1.54) is 32.1 Å². The highest BCUT2D eigenvalue weighted by Crippen LogP contribution is 2.33. The summed E-state index contributed by atoms with van der Waals surface area (Å²) in [6.07, 6.45) is 8.63. The SMILES string of the molecule is CN(C)c1ccc2c(c1)nc1cc(Nc3ccc(Cl)cc3)c(=NC3CCCCCCC3)cc-1n2-c1ccc(Cl)cc1. The Bertz CT molecular complexity index is 1680. The van der Waals surface area contributed by atoms with E-state index in [-0.39, 0.29) is 0 Å². The first-order valence-corrected chi connectivity index (χ1v) is 15.2. The van der Waals surface area contributed by atoms with E-state index in [2.05, 4.69) is 57.2 Å². The van der Waals surface area contributed by atoms with Gasteiger partial charge in [-0.3, -0.25) is 4.99 Å².